The largest absolute Gasteiger partial charge is 0.462 e. The topological polar surface area (TPSA) is 68.5 Å². The highest BCUT2D eigenvalue weighted by atomic mass is 35.5. The summed E-state index contributed by atoms with van der Waals surface area (Å²) < 4.78 is 11.2. The van der Waals surface area contributed by atoms with Gasteiger partial charge in [-0.2, -0.15) is 0 Å². The van der Waals surface area contributed by atoms with Crippen LogP contribution in [0.25, 0.3) is 11.6 Å². The number of hydrogen-bond donors (Lipinski definition) is 1. The van der Waals surface area contributed by atoms with Gasteiger partial charge in [0, 0.05) is 22.6 Å². The van der Waals surface area contributed by atoms with Gasteiger partial charge in [-0.1, -0.05) is 11.6 Å². The molecule has 1 aliphatic heterocycles. The van der Waals surface area contributed by atoms with Crippen molar-refractivity contribution in [2.45, 2.75) is 39.5 Å². The van der Waals surface area contributed by atoms with Crippen LogP contribution in [-0.2, 0) is 22.4 Å². The number of rotatable bonds is 3. The Balaban J connectivity index is 1.87. The van der Waals surface area contributed by atoms with E-state index in [9.17, 15) is 9.59 Å². The molecule has 0 saturated carbocycles. The maximum atomic E-state index is 12.6. The number of amides is 1. The summed E-state index contributed by atoms with van der Waals surface area (Å²) >= 11 is 6.19. The molecule has 0 atom stereocenters. The molecule has 6 heteroatoms. The van der Waals surface area contributed by atoms with Gasteiger partial charge < -0.3 is 14.5 Å². The van der Waals surface area contributed by atoms with Gasteiger partial charge >= 0.3 is 5.97 Å². The number of halogens is 1. The number of esters is 1. The molecule has 4 rings (SSSR count). The predicted octanol–water partition coefficient (Wildman–Crippen LogP) is 4.79. The zero-order chi connectivity index (χ0) is 19.1. The van der Waals surface area contributed by atoms with Crippen LogP contribution in [0.3, 0.4) is 0 Å². The monoisotopic (exact) mass is 385 g/mol. The summed E-state index contributed by atoms with van der Waals surface area (Å²) in [6.07, 6.45) is 5.24. The summed E-state index contributed by atoms with van der Waals surface area (Å²) in [5.41, 5.74) is 4.14. The lowest BCUT2D eigenvalue weighted by atomic mass is 9.94. The summed E-state index contributed by atoms with van der Waals surface area (Å²) in [7, 11) is 0. The molecule has 0 unspecified atom stereocenters. The Hall–Kier alpha value is -2.53. The molecule has 140 valence electrons. The lowest BCUT2D eigenvalue weighted by Crippen LogP contribution is -2.10. The molecule has 2 aliphatic rings. The van der Waals surface area contributed by atoms with Crippen molar-refractivity contribution >= 4 is 40.8 Å². The highest BCUT2D eigenvalue weighted by Gasteiger charge is 2.31. The molecule has 1 aliphatic carbocycles. The van der Waals surface area contributed by atoms with Crippen molar-refractivity contribution in [2.75, 3.05) is 11.9 Å². The Kier molecular flexibility index (Phi) is 4.56. The summed E-state index contributed by atoms with van der Waals surface area (Å²) in [6, 6.07) is 3.56. The van der Waals surface area contributed by atoms with Crippen molar-refractivity contribution in [1.82, 2.24) is 0 Å². The first-order valence-electron chi connectivity index (χ1n) is 9.14. The average molecular weight is 386 g/mol. The van der Waals surface area contributed by atoms with Crippen LogP contribution in [0.15, 0.2) is 16.5 Å². The van der Waals surface area contributed by atoms with Crippen LogP contribution in [-0.4, -0.2) is 18.5 Å². The van der Waals surface area contributed by atoms with Gasteiger partial charge in [0.2, 0.25) is 0 Å². The van der Waals surface area contributed by atoms with Gasteiger partial charge in [0.25, 0.3) is 5.91 Å². The fourth-order valence-electron chi connectivity index (χ4n) is 3.81. The van der Waals surface area contributed by atoms with Crippen molar-refractivity contribution in [1.29, 1.82) is 0 Å². The number of carbonyl (C=O) groups is 2. The van der Waals surface area contributed by atoms with E-state index in [-0.39, 0.29) is 12.5 Å². The Morgan fingerprint density at radius 3 is 2.89 bits per heavy atom. The van der Waals surface area contributed by atoms with E-state index in [1.807, 2.05) is 6.92 Å². The normalized spacial score (nSPS) is 16.9. The number of furan rings is 1. The average Bonchev–Trinajstić information content (AvgIpc) is 3.14. The third-order valence-electron chi connectivity index (χ3n) is 5.03. The van der Waals surface area contributed by atoms with Crippen LogP contribution < -0.4 is 5.32 Å². The first-order valence-corrected chi connectivity index (χ1v) is 9.52. The molecule has 2 aromatic rings. The van der Waals surface area contributed by atoms with Gasteiger partial charge in [-0.15, -0.1) is 0 Å². The van der Waals surface area contributed by atoms with Crippen LogP contribution >= 0.6 is 11.6 Å². The van der Waals surface area contributed by atoms with Gasteiger partial charge in [0.05, 0.1) is 17.9 Å². The third-order valence-corrected chi connectivity index (χ3v) is 5.25. The number of benzene rings is 1. The first kappa shape index (κ1) is 17.9. The summed E-state index contributed by atoms with van der Waals surface area (Å²) in [4.78, 5) is 25.1. The van der Waals surface area contributed by atoms with E-state index < -0.39 is 5.97 Å². The number of carbonyl (C=O) groups excluding carboxylic acids is 2. The van der Waals surface area contributed by atoms with Crippen molar-refractivity contribution < 1.29 is 18.7 Å². The molecular weight excluding hydrogens is 366 g/mol. The minimum atomic E-state index is -0.405. The lowest BCUT2D eigenvalue weighted by Gasteiger charge is -2.10. The molecule has 0 bridgehead atoms. The third kappa shape index (κ3) is 3.06. The van der Waals surface area contributed by atoms with Crippen LogP contribution in [0.5, 0.6) is 0 Å². The number of aryl methyl sites for hydroxylation is 2. The van der Waals surface area contributed by atoms with Crippen LogP contribution in [0.1, 0.15) is 58.3 Å². The maximum Gasteiger partial charge on any atom is 0.342 e. The Labute approximate surface area is 162 Å². The molecule has 0 fully saturated rings. The molecule has 0 radical (unpaired) electrons. The maximum absolute atomic E-state index is 12.6. The van der Waals surface area contributed by atoms with Gasteiger partial charge in [0.15, 0.2) is 0 Å². The summed E-state index contributed by atoms with van der Waals surface area (Å²) in [6.45, 7) is 3.95. The summed E-state index contributed by atoms with van der Waals surface area (Å²) in [5, 5.41) is 3.43. The molecule has 27 heavy (non-hydrogen) atoms. The first-order chi connectivity index (χ1) is 13.0. The van der Waals surface area contributed by atoms with Crippen molar-refractivity contribution in [3.05, 3.63) is 50.9 Å². The molecule has 1 N–H and O–H groups in total. The molecule has 0 saturated heterocycles. The van der Waals surface area contributed by atoms with Gasteiger partial charge in [0.1, 0.15) is 17.1 Å². The SMILES string of the molecule is CCOC(=O)c1c(C=C2C(=O)Nc3c(C)cc(Cl)cc32)oc2c1CCCC2. The van der Waals surface area contributed by atoms with E-state index in [1.54, 1.807) is 25.1 Å². The van der Waals surface area contributed by atoms with Crippen molar-refractivity contribution in [2.24, 2.45) is 0 Å². The second-order valence-corrected chi connectivity index (χ2v) is 7.26. The quantitative estimate of drug-likeness (QED) is 0.609. The fourth-order valence-corrected chi connectivity index (χ4v) is 4.09. The highest BCUT2D eigenvalue weighted by Crippen LogP contribution is 2.39. The van der Waals surface area contributed by atoms with E-state index >= 15 is 0 Å². The molecule has 1 aromatic carbocycles. The molecule has 1 amide bonds. The van der Waals surface area contributed by atoms with Crippen LogP contribution in [0.4, 0.5) is 5.69 Å². The zero-order valence-corrected chi connectivity index (χ0v) is 16.0. The number of ether oxygens (including phenoxy) is 1. The molecule has 0 spiro atoms. The lowest BCUT2D eigenvalue weighted by molar-refractivity contribution is -0.110. The number of nitrogens with one attached hydrogen (secondary N) is 1. The Bertz CT molecular complexity index is 987. The second kappa shape index (κ2) is 6.89. The van der Waals surface area contributed by atoms with Crippen molar-refractivity contribution in [3.8, 4) is 0 Å². The van der Waals surface area contributed by atoms with Gasteiger partial charge in [-0.3, -0.25) is 4.79 Å². The number of hydrogen-bond acceptors (Lipinski definition) is 4. The van der Waals surface area contributed by atoms with Crippen LogP contribution in [0.2, 0.25) is 5.02 Å². The van der Waals surface area contributed by atoms with E-state index in [2.05, 4.69) is 5.32 Å². The van der Waals surface area contributed by atoms with E-state index in [0.717, 1.165) is 48.3 Å². The predicted molar refractivity (Wildman–Crippen MR) is 104 cm³/mol. The van der Waals surface area contributed by atoms with E-state index in [1.165, 1.54) is 0 Å². The highest BCUT2D eigenvalue weighted by molar-refractivity contribution is 6.37. The molecule has 1 aromatic heterocycles. The Morgan fingerprint density at radius 2 is 2.11 bits per heavy atom. The molecule has 2 heterocycles. The smallest absolute Gasteiger partial charge is 0.342 e. The molecular formula is C21H20ClNO4. The Morgan fingerprint density at radius 1 is 1.33 bits per heavy atom. The van der Waals surface area contributed by atoms with Gasteiger partial charge in [-0.25, -0.2) is 4.79 Å². The van der Waals surface area contributed by atoms with Crippen LogP contribution in [0, 0.1) is 6.92 Å². The number of anilines is 1. The minimum Gasteiger partial charge on any atom is -0.462 e. The van der Waals surface area contributed by atoms with Gasteiger partial charge in [-0.05, 0) is 56.9 Å². The number of fused-ring (bicyclic) bond motifs is 2. The zero-order valence-electron chi connectivity index (χ0n) is 15.3. The standard InChI is InChI=1S/C21H20ClNO4/c1-3-26-21(25)18-13-6-4-5-7-16(13)27-17(18)10-15-14-9-12(22)8-11(2)19(14)23-20(15)24/h8-10H,3-7H2,1-2H3,(H,23,24). The van der Waals surface area contributed by atoms with E-state index in [4.69, 9.17) is 20.8 Å². The fraction of sp³-hybridized carbons (Fsp3) is 0.333. The minimum absolute atomic E-state index is 0.237. The molecule has 5 nitrogen and oxygen atoms in total. The van der Waals surface area contributed by atoms with Crippen molar-refractivity contribution in [3.63, 3.8) is 0 Å². The van der Waals surface area contributed by atoms with E-state index in [0.29, 0.717) is 27.5 Å². The summed E-state index contributed by atoms with van der Waals surface area (Å²) in [5.74, 6) is 0.560. The second-order valence-electron chi connectivity index (χ2n) is 6.83.